The third-order valence-electron chi connectivity index (χ3n) is 5.04. The average molecular weight is 417 g/mol. The predicted octanol–water partition coefficient (Wildman–Crippen LogP) is 2.75. The number of benzene rings is 1. The van der Waals surface area contributed by atoms with Crippen molar-refractivity contribution in [2.75, 3.05) is 51.3 Å². The minimum atomic E-state index is 0.735. The van der Waals surface area contributed by atoms with E-state index in [0.29, 0.717) is 0 Å². The Morgan fingerprint density at radius 2 is 2.03 bits per heavy atom. The highest BCUT2D eigenvalue weighted by Crippen LogP contribution is 2.21. The standard InChI is InChI=1S/C21H32N6OS/c1-5-19-24-21(29-25-19)27-13-11-26(12-14-27)20(22-6-2)23-10-9-17-15-16(3)7-8-18(17)28-4/h7-8,15H,5-6,9-14H2,1-4H3,(H,22,23). The van der Waals surface area contributed by atoms with Crippen LogP contribution in [0.25, 0.3) is 0 Å². The molecule has 1 N–H and O–H groups in total. The molecular weight excluding hydrogens is 384 g/mol. The Bertz CT molecular complexity index is 813. The van der Waals surface area contributed by atoms with Crippen LogP contribution in [0.5, 0.6) is 5.75 Å². The summed E-state index contributed by atoms with van der Waals surface area (Å²) in [6.07, 6.45) is 1.75. The predicted molar refractivity (Wildman–Crippen MR) is 120 cm³/mol. The highest BCUT2D eigenvalue weighted by atomic mass is 32.1. The van der Waals surface area contributed by atoms with Crippen LogP contribution in [0.1, 0.15) is 30.8 Å². The first-order chi connectivity index (χ1) is 14.1. The van der Waals surface area contributed by atoms with E-state index in [9.17, 15) is 0 Å². The molecule has 158 valence electrons. The van der Waals surface area contributed by atoms with E-state index < -0.39 is 0 Å². The highest BCUT2D eigenvalue weighted by Gasteiger charge is 2.22. The Hall–Kier alpha value is -2.35. The van der Waals surface area contributed by atoms with Gasteiger partial charge in [0.25, 0.3) is 0 Å². The van der Waals surface area contributed by atoms with Crippen molar-refractivity contribution in [2.45, 2.75) is 33.6 Å². The number of nitrogens with one attached hydrogen (secondary N) is 1. The number of hydrogen-bond donors (Lipinski definition) is 1. The molecule has 1 aromatic carbocycles. The Morgan fingerprint density at radius 1 is 1.24 bits per heavy atom. The molecule has 1 aliphatic heterocycles. The summed E-state index contributed by atoms with van der Waals surface area (Å²) in [6.45, 7) is 11.7. The van der Waals surface area contributed by atoms with Crippen LogP contribution in [0, 0.1) is 6.92 Å². The summed E-state index contributed by atoms with van der Waals surface area (Å²) >= 11 is 1.51. The third kappa shape index (κ3) is 5.59. The molecule has 0 unspecified atom stereocenters. The van der Waals surface area contributed by atoms with Gasteiger partial charge in [0.2, 0.25) is 5.13 Å². The van der Waals surface area contributed by atoms with Crippen molar-refractivity contribution in [1.29, 1.82) is 0 Å². The third-order valence-corrected chi connectivity index (χ3v) is 5.85. The molecule has 0 amide bonds. The highest BCUT2D eigenvalue weighted by molar-refractivity contribution is 7.09. The monoisotopic (exact) mass is 416 g/mol. The van der Waals surface area contributed by atoms with Crippen molar-refractivity contribution in [3.63, 3.8) is 0 Å². The molecular formula is C21H32N6OS. The van der Waals surface area contributed by atoms with Gasteiger partial charge in [-0.05, 0) is 31.9 Å². The van der Waals surface area contributed by atoms with Crippen LogP contribution >= 0.6 is 11.5 Å². The molecule has 0 atom stereocenters. The summed E-state index contributed by atoms with van der Waals surface area (Å²) in [4.78, 5) is 14.2. The fraction of sp³-hybridized carbons (Fsp3) is 0.571. The average Bonchev–Trinajstić information content (AvgIpc) is 3.23. The first kappa shape index (κ1) is 21.4. The Kier molecular flexibility index (Phi) is 7.69. The summed E-state index contributed by atoms with van der Waals surface area (Å²) in [7, 11) is 1.72. The number of guanidine groups is 1. The molecule has 7 nitrogen and oxygen atoms in total. The van der Waals surface area contributed by atoms with E-state index in [-0.39, 0.29) is 0 Å². The van der Waals surface area contributed by atoms with Crippen molar-refractivity contribution < 1.29 is 4.74 Å². The second-order valence-corrected chi connectivity index (χ2v) is 7.85. The first-order valence-corrected chi connectivity index (χ1v) is 11.2. The number of hydrogen-bond acceptors (Lipinski definition) is 6. The first-order valence-electron chi connectivity index (χ1n) is 10.4. The molecule has 3 rings (SSSR count). The maximum Gasteiger partial charge on any atom is 0.205 e. The van der Waals surface area contributed by atoms with Gasteiger partial charge in [0.15, 0.2) is 5.96 Å². The number of aromatic nitrogens is 2. The van der Waals surface area contributed by atoms with E-state index >= 15 is 0 Å². The van der Waals surface area contributed by atoms with E-state index in [1.807, 2.05) is 6.07 Å². The number of piperazine rings is 1. The van der Waals surface area contributed by atoms with Crippen LogP contribution in [0.15, 0.2) is 23.2 Å². The van der Waals surface area contributed by atoms with Gasteiger partial charge in [0.1, 0.15) is 11.6 Å². The molecule has 8 heteroatoms. The molecule has 1 fully saturated rings. The van der Waals surface area contributed by atoms with Crippen molar-refractivity contribution >= 4 is 22.6 Å². The summed E-state index contributed by atoms with van der Waals surface area (Å²) in [5.74, 6) is 2.87. The van der Waals surface area contributed by atoms with E-state index in [1.165, 1.54) is 22.7 Å². The zero-order valence-corrected chi connectivity index (χ0v) is 18.8. The van der Waals surface area contributed by atoms with Crippen molar-refractivity contribution in [1.82, 2.24) is 19.6 Å². The minimum Gasteiger partial charge on any atom is -0.496 e. The number of methoxy groups -OCH3 is 1. The normalized spacial score (nSPS) is 15.0. The Morgan fingerprint density at radius 3 is 2.69 bits per heavy atom. The number of aryl methyl sites for hydroxylation is 2. The van der Waals surface area contributed by atoms with Crippen molar-refractivity contribution in [3.05, 3.63) is 35.2 Å². The van der Waals surface area contributed by atoms with Gasteiger partial charge in [-0.2, -0.15) is 4.37 Å². The molecule has 0 bridgehead atoms. The smallest absolute Gasteiger partial charge is 0.205 e. The van der Waals surface area contributed by atoms with Crippen molar-refractivity contribution in [3.8, 4) is 5.75 Å². The zero-order chi connectivity index (χ0) is 20.6. The van der Waals surface area contributed by atoms with Crippen LogP contribution in [0.4, 0.5) is 5.13 Å². The lowest BCUT2D eigenvalue weighted by atomic mass is 10.1. The van der Waals surface area contributed by atoms with Crippen molar-refractivity contribution in [2.24, 2.45) is 4.99 Å². The lowest BCUT2D eigenvalue weighted by Gasteiger charge is -2.36. The maximum atomic E-state index is 5.50. The summed E-state index contributed by atoms with van der Waals surface area (Å²) < 4.78 is 9.91. The number of rotatable bonds is 7. The lowest BCUT2D eigenvalue weighted by Crippen LogP contribution is -2.52. The molecule has 1 saturated heterocycles. The lowest BCUT2D eigenvalue weighted by molar-refractivity contribution is 0.372. The van der Waals surface area contributed by atoms with Crippen LogP contribution in [-0.2, 0) is 12.8 Å². The summed E-state index contributed by atoms with van der Waals surface area (Å²) in [5, 5.41) is 4.48. The van der Waals surface area contributed by atoms with Crippen LogP contribution < -0.4 is 15.0 Å². The second kappa shape index (κ2) is 10.4. The molecule has 0 radical (unpaired) electrons. The fourth-order valence-corrected chi connectivity index (χ4v) is 4.24. The van der Waals surface area contributed by atoms with E-state index in [4.69, 9.17) is 9.73 Å². The second-order valence-electron chi connectivity index (χ2n) is 7.12. The summed E-state index contributed by atoms with van der Waals surface area (Å²) in [6, 6.07) is 6.31. The molecule has 0 saturated carbocycles. The quantitative estimate of drug-likeness (QED) is 0.553. The fourth-order valence-electron chi connectivity index (χ4n) is 3.44. The molecule has 1 aliphatic rings. The molecule has 2 aromatic rings. The van der Waals surface area contributed by atoms with Gasteiger partial charge in [-0.1, -0.05) is 24.6 Å². The van der Waals surface area contributed by atoms with Gasteiger partial charge < -0.3 is 19.9 Å². The van der Waals surface area contributed by atoms with Crippen LogP contribution in [-0.4, -0.2) is 66.6 Å². The number of anilines is 1. The minimum absolute atomic E-state index is 0.735. The van der Waals surface area contributed by atoms with Gasteiger partial charge in [0.05, 0.1) is 7.11 Å². The summed E-state index contributed by atoms with van der Waals surface area (Å²) in [5.41, 5.74) is 2.45. The maximum absolute atomic E-state index is 5.50. The molecule has 1 aromatic heterocycles. The van der Waals surface area contributed by atoms with E-state index in [1.54, 1.807) is 7.11 Å². The number of aliphatic imine (C=N–C) groups is 1. The number of nitrogens with zero attached hydrogens (tertiary/aromatic N) is 5. The van der Waals surface area contributed by atoms with E-state index in [0.717, 1.165) is 74.8 Å². The van der Waals surface area contributed by atoms with Gasteiger partial charge in [0, 0.05) is 57.2 Å². The Labute approximate surface area is 178 Å². The topological polar surface area (TPSA) is 65.9 Å². The van der Waals surface area contributed by atoms with Gasteiger partial charge in [-0.3, -0.25) is 4.99 Å². The van der Waals surface area contributed by atoms with Crippen LogP contribution in [0.3, 0.4) is 0 Å². The molecule has 0 aliphatic carbocycles. The zero-order valence-electron chi connectivity index (χ0n) is 17.9. The van der Waals surface area contributed by atoms with Crippen LogP contribution in [0.2, 0.25) is 0 Å². The van der Waals surface area contributed by atoms with E-state index in [2.05, 4.69) is 57.4 Å². The largest absolute Gasteiger partial charge is 0.496 e. The SMILES string of the molecule is CCNC(=NCCc1cc(C)ccc1OC)N1CCN(c2nc(CC)ns2)CC1. The van der Waals surface area contributed by atoms with Gasteiger partial charge in [-0.25, -0.2) is 4.98 Å². The van der Waals surface area contributed by atoms with Gasteiger partial charge in [-0.15, -0.1) is 0 Å². The number of ether oxygens (including phenoxy) is 1. The van der Waals surface area contributed by atoms with Gasteiger partial charge >= 0.3 is 0 Å². The molecule has 2 heterocycles. The molecule has 0 spiro atoms. The molecule has 29 heavy (non-hydrogen) atoms. The Balaban J connectivity index is 1.59.